The highest BCUT2D eigenvalue weighted by molar-refractivity contribution is 5.37. The van der Waals surface area contributed by atoms with Crippen molar-refractivity contribution in [2.45, 2.75) is 25.7 Å². The molecule has 0 radical (unpaired) electrons. The van der Waals surface area contributed by atoms with E-state index in [1.807, 2.05) is 0 Å². The monoisotopic (exact) mass is 215 g/mol. The minimum absolute atomic E-state index is 0.291. The average molecular weight is 215 g/mol. The number of hydrogen-bond donors (Lipinski definition) is 2. The second-order valence-electron chi connectivity index (χ2n) is 3.44. The molecule has 0 aromatic heterocycles. The van der Waals surface area contributed by atoms with Crippen LogP contribution in [-0.2, 0) is 6.42 Å². The molecule has 2 nitrogen and oxygen atoms in total. The zero-order valence-electron chi connectivity index (χ0n) is 8.42. The van der Waals surface area contributed by atoms with Crippen molar-refractivity contribution in [1.82, 2.24) is 0 Å². The Labute approximate surface area is 87.7 Å². The van der Waals surface area contributed by atoms with Crippen LogP contribution in [0.5, 0.6) is 5.75 Å². The van der Waals surface area contributed by atoms with Crippen LogP contribution < -0.4 is 5.73 Å². The molecule has 1 aromatic rings. The van der Waals surface area contributed by atoms with Gasteiger partial charge >= 0.3 is 0 Å². The number of halogens is 2. The van der Waals surface area contributed by atoms with Crippen LogP contribution in [0.2, 0.25) is 0 Å². The number of phenolic OH excluding ortho intramolecular Hbond substituents is 1. The Balaban J connectivity index is 2.70. The van der Waals surface area contributed by atoms with E-state index in [0.717, 1.165) is 24.8 Å². The second-order valence-corrected chi connectivity index (χ2v) is 3.44. The number of aromatic hydroxyl groups is 1. The summed E-state index contributed by atoms with van der Waals surface area (Å²) in [6.45, 7) is 0.611. The zero-order valence-corrected chi connectivity index (χ0v) is 8.42. The molecule has 1 rings (SSSR count). The predicted octanol–water partition coefficient (Wildman–Crippen LogP) is 2.61. The van der Waals surface area contributed by atoms with Crippen LogP contribution in [0.1, 0.15) is 30.4 Å². The molecule has 0 aliphatic carbocycles. The molecule has 3 N–H and O–H groups in total. The third-order valence-corrected chi connectivity index (χ3v) is 2.25. The number of rotatable bonds is 5. The van der Waals surface area contributed by atoms with Crippen LogP contribution in [0.4, 0.5) is 8.78 Å². The molecule has 0 unspecified atom stereocenters. The first-order valence-corrected chi connectivity index (χ1v) is 4.95. The van der Waals surface area contributed by atoms with Gasteiger partial charge in [0.15, 0.2) is 0 Å². The highest BCUT2D eigenvalue weighted by Gasteiger charge is 2.12. The van der Waals surface area contributed by atoms with E-state index in [-0.39, 0.29) is 11.3 Å². The standard InChI is InChI=1S/C11H15F2NO/c12-11(13)9-7-8(3-1-2-6-14)4-5-10(9)15/h4-5,7,11,15H,1-3,6,14H2. The zero-order chi connectivity index (χ0) is 11.3. The number of unbranched alkanes of at least 4 members (excludes halogenated alkanes) is 1. The lowest BCUT2D eigenvalue weighted by Crippen LogP contribution is -1.99. The molecule has 0 amide bonds. The number of phenols is 1. The van der Waals surface area contributed by atoms with Gasteiger partial charge in [0.1, 0.15) is 5.75 Å². The quantitative estimate of drug-likeness (QED) is 0.741. The first kappa shape index (κ1) is 11.9. The number of alkyl halides is 2. The van der Waals surface area contributed by atoms with Gasteiger partial charge < -0.3 is 10.8 Å². The van der Waals surface area contributed by atoms with Crippen LogP contribution in [0.25, 0.3) is 0 Å². The summed E-state index contributed by atoms with van der Waals surface area (Å²) in [5.74, 6) is -0.340. The average Bonchev–Trinajstić information content (AvgIpc) is 2.20. The highest BCUT2D eigenvalue weighted by atomic mass is 19.3. The van der Waals surface area contributed by atoms with Crippen molar-refractivity contribution in [2.24, 2.45) is 5.73 Å². The molecule has 0 saturated carbocycles. The van der Waals surface area contributed by atoms with Crippen LogP contribution >= 0.6 is 0 Å². The minimum Gasteiger partial charge on any atom is -0.507 e. The van der Waals surface area contributed by atoms with Gasteiger partial charge in [-0.2, -0.15) is 0 Å². The molecule has 15 heavy (non-hydrogen) atoms. The van der Waals surface area contributed by atoms with Gasteiger partial charge in [-0.25, -0.2) is 8.78 Å². The summed E-state index contributed by atoms with van der Waals surface area (Å²) < 4.78 is 24.8. The second kappa shape index (κ2) is 5.66. The number of aryl methyl sites for hydroxylation is 1. The van der Waals surface area contributed by atoms with Crippen molar-refractivity contribution < 1.29 is 13.9 Å². The van der Waals surface area contributed by atoms with E-state index < -0.39 is 6.43 Å². The summed E-state index contributed by atoms with van der Waals surface area (Å²) in [5.41, 5.74) is 5.86. The van der Waals surface area contributed by atoms with E-state index in [2.05, 4.69) is 0 Å². The Kier molecular flexibility index (Phi) is 4.49. The first-order valence-electron chi connectivity index (χ1n) is 4.95. The van der Waals surface area contributed by atoms with Gasteiger partial charge in [0, 0.05) is 0 Å². The third kappa shape index (κ3) is 3.47. The molecule has 0 saturated heterocycles. The van der Waals surface area contributed by atoms with E-state index in [1.54, 1.807) is 6.07 Å². The molecule has 0 bridgehead atoms. The fourth-order valence-electron chi connectivity index (χ4n) is 1.41. The summed E-state index contributed by atoms with van der Waals surface area (Å²) >= 11 is 0. The Morgan fingerprint density at radius 1 is 1.27 bits per heavy atom. The van der Waals surface area contributed by atoms with Gasteiger partial charge in [0.2, 0.25) is 0 Å². The molecule has 0 atom stereocenters. The smallest absolute Gasteiger partial charge is 0.267 e. The SMILES string of the molecule is NCCCCc1ccc(O)c(C(F)F)c1. The van der Waals surface area contributed by atoms with Crippen LogP contribution in [0.15, 0.2) is 18.2 Å². The van der Waals surface area contributed by atoms with Gasteiger partial charge in [0.05, 0.1) is 5.56 Å². The maximum absolute atomic E-state index is 12.4. The van der Waals surface area contributed by atoms with E-state index in [0.29, 0.717) is 6.54 Å². The van der Waals surface area contributed by atoms with E-state index in [4.69, 9.17) is 5.73 Å². The van der Waals surface area contributed by atoms with Gasteiger partial charge in [-0.1, -0.05) is 6.07 Å². The molecule has 1 aromatic carbocycles. The van der Waals surface area contributed by atoms with Crippen molar-refractivity contribution in [3.8, 4) is 5.75 Å². The minimum atomic E-state index is -2.63. The topological polar surface area (TPSA) is 46.2 Å². The summed E-state index contributed by atoms with van der Waals surface area (Å²) in [7, 11) is 0. The molecule has 0 spiro atoms. The normalized spacial score (nSPS) is 10.9. The maximum atomic E-state index is 12.4. The Morgan fingerprint density at radius 2 is 2.00 bits per heavy atom. The van der Waals surface area contributed by atoms with Crippen LogP contribution in [-0.4, -0.2) is 11.7 Å². The van der Waals surface area contributed by atoms with E-state index in [1.165, 1.54) is 12.1 Å². The number of hydrogen-bond acceptors (Lipinski definition) is 2. The lowest BCUT2D eigenvalue weighted by molar-refractivity contribution is 0.147. The van der Waals surface area contributed by atoms with Crippen LogP contribution in [0.3, 0.4) is 0 Å². The molecule has 84 valence electrons. The molecule has 0 heterocycles. The fourth-order valence-corrected chi connectivity index (χ4v) is 1.41. The van der Waals surface area contributed by atoms with E-state index in [9.17, 15) is 13.9 Å². The van der Waals surface area contributed by atoms with Crippen molar-refractivity contribution in [3.05, 3.63) is 29.3 Å². The van der Waals surface area contributed by atoms with Gasteiger partial charge in [-0.3, -0.25) is 0 Å². The lowest BCUT2D eigenvalue weighted by atomic mass is 10.0. The number of nitrogens with two attached hydrogens (primary N) is 1. The lowest BCUT2D eigenvalue weighted by Gasteiger charge is -2.06. The Hall–Kier alpha value is -1.16. The summed E-state index contributed by atoms with van der Waals surface area (Å²) in [6.07, 6.45) is -0.147. The summed E-state index contributed by atoms with van der Waals surface area (Å²) in [5, 5.41) is 9.18. The molecular formula is C11H15F2NO. The van der Waals surface area contributed by atoms with Gasteiger partial charge in [0.25, 0.3) is 6.43 Å². The summed E-state index contributed by atoms with van der Waals surface area (Å²) in [6, 6.07) is 4.34. The van der Waals surface area contributed by atoms with Crippen molar-refractivity contribution in [3.63, 3.8) is 0 Å². The summed E-state index contributed by atoms with van der Waals surface area (Å²) in [4.78, 5) is 0. The van der Waals surface area contributed by atoms with Crippen molar-refractivity contribution >= 4 is 0 Å². The van der Waals surface area contributed by atoms with Crippen molar-refractivity contribution in [1.29, 1.82) is 0 Å². The maximum Gasteiger partial charge on any atom is 0.267 e. The number of benzene rings is 1. The first-order chi connectivity index (χ1) is 7.15. The highest BCUT2D eigenvalue weighted by Crippen LogP contribution is 2.29. The molecular weight excluding hydrogens is 200 g/mol. The van der Waals surface area contributed by atoms with Gasteiger partial charge in [-0.15, -0.1) is 0 Å². The van der Waals surface area contributed by atoms with Crippen molar-refractivity contribution in [2.75, 3.05) is 6.54 Å². The molecule has 0 aliphatic heterocycles. The predicted molar refractivity (Wildman–Crippen MR) is 55.1 cm³/mol. The third-order valence-electron chi connectivity index (χ3n) is 2.25. The largest absolute Gasteiger partial charge is 0.507 e. The van der Waals surface area contributed by atoms with E-state index >= 15 is 0 Å². The van der Waals surface area contributed by atoms with Gasteiger partial charge in [-0.05, 0) is 43.5 Å². The molecule has 0 aliphatic rings. The fraction of sp³-hybridized carbons (Fsp3) is 0.455. The molecule has 0 fully saturated rings. The molecule has 4 heteroatoms. The Morgan fingerprint density at radius 3 is 2.60 bits per heavy atom. The Bertz CT molecular complexity index is 315. The van der Waals surface area contributed by atoms with Crippen LogP contribution in [0, 0.1) is 0 Å².